The molecule has 0 spiro atoms. The highest BCUT2D eigenvalue weighted by Crippen LogP contribution is 2.32. The van der Waals surface area contributed by atoms with Crippen molar-refractivity contribution < 1.29 is 34.2 Å². The Morgan fingerprint density at radius 2 is 0.949 bits per heavy atom. The Hall–Kier alpha value is -1.89. The molecule has 0 aromatic heterocycles. The maximum absolute atomic E-state index is 12.2. The number of carboxylic acids is 3. The van der Waals surface area contributed by atoms with E-state index in [4.69, 9.17) is 0 Å². The van der Waals surface area contributed by atoms with Gasteiger partial charge in [0.1, 0.15) is 6.04 Å². The third kappa shape index (κ3) is 13.8. The predicted octanol–water partition coefficient (Wildman–Crippen LogP) is 6.88. The highest BCUT2D eigenvalue weighted by Gasteiger charge is 2.53. The number of carbonyl (C=O) groups is 3. The maximum Gasteiger partial charge on any atom is 0.362 e. The molecule has 0 aromatic carbocycles. The molecule has 0 fully saturated rings. The van der Waals surface area contributed by atoms with Crippen LogP contribution in [-0.2, 0) is 14.4 Å². The number of unbranched alkanes of at least 4 members (excludes halogenated alkanes) is 14. The van der Waals surface area contributed by atoms with Crippen LogP contribution in [0.2, 0.25) is 0 Å². The van der Waals surface area contributed by atoms with Crippen molar-refractivity contribution in [1.29, 1.82) is 0 Å². The fraction of sp³-hybridized carbons (Fsp3) is 0.844. The second kappa shape index (κ2) is 22.9. The van der Waals surface area contributed by atoms with Gasteiger partial charge in [0, 0.05) is 19.3 Å². The summed E-state index contributed by atoms with van der Waals surface area (Å²) in [7, 11) is 0. The summed E-state index contributed by atoms with van der Waals surface area (Å²) >= 11 is 0. The molecule has 3 atom stereocenters. The van der Waals surface area contributed by atoms with Gasteiger partial charge < -0.3 is 20.1 Å². The van der Waals surface area contributed by atoms with Gasteiger partial charge in [0.15, 0.2) is 12.1 Å². The number of hydrogen-bond acceptors (Lipinski definition) is 4. The first-order valence-corrected chi connectivity index (χ1v) is 15.9. The van der Waals surface area contributed by atoms with E-state index in [0.717, 1.165) is 32.1 Å². The third-order valence-corrected chi connectivity index (χ3v) is 8.30. The van der Waals surface area contributed by atoms with Crippen LogP contribution in [0.4, 0.5) is 0 Å². The lowest BCUT2D eigenvalue weighted by Gasteiger charge is -2.51. The van der Waals surface area contributed by atoms with Gasteiger partial charge >= 0.3 is 11.9 Å². The van der Waals surface area contributed by atoms with E-state index in [1.54, 1.807) is 20.8 Å². The molecule has 0 aliphatic carbocycles. The van der Waals surface area contributed by atoms with Gasteiger partial charge in [-0.25, -0.2) is 9.59 Å². The zero-order valence-electron chi connectivity index (χ0n) is 25.5. The topological polar surface area (TPSA) is 115 Å². The van der Waals surface area contributed by atoms with Gasteiger partial charge in [-0.05, 0) is 38.5 Å². The summed E-state index contributed by atoms with van der Waals surface area (Å²) in [6.07, 6.45) is 23.8. The summed E-state index contributed by atoms with van der Waals surface area (Å²) in [5, 5.41) is 32.1. The SMILES string of the molecule is CCCCCCCCC/C=C/CCCCCCCCC[N+](C(CC)C(=O)[O-])(C(CC)C(=O)O)C(CC)C(=O)O. The molecule has 7 nitrogen and oxygen atoms in total. The van der Waals surface area contributed by atoms with Crippen LogP contribution in [0.25, 0.3) is 0 Å². The van der Waals surface area contributed by atoms with Gasteiger partial charge in [-0.15, -0.1) is 0 Å². The average Bonchev–Trinajstić information content (AvgIpc) is 2.88. The van der Waals surface area contributed by atoms with Crippen molar-refractivity contribution in [1.82, 2.24) is 0 Å². The van der Waals surface area contributed by atoms with Gasteiger partial charge in [-0.1, -0.05) is 104 Å². The molecule has 0 aliphatic rings. The third-order valence-electron chi connectivity index (χ3n) is 8.30. The second-order valence-electron chi connectivity index (χ2n) is 11.1. The largest absolute Gasteiger partial charge is 0.544 e. The Morgan fingerprint density at radius 1 is 0.590 bits per heavy atom. The van der Waals surface area contributed by atoms with Gasteiger partial charge in [-0.2, -0.15) is 0 Å². The summed E-state index contributed by atoms with van der Waals surface area (Å²) in [6, 6.07) is -3.38. The van der Waals surface area contributed by atoms with Crippen molar-refractivity contribution in [3.05, 3.63) is 12.2 Å². The summed E-state index contributed by atoms with van der Waals surface area (Å²) in [5.41, 5.74) is 0. The van der Waals surface area contributed by atoms with Gasteiger partial charge in [0.05, 0.1) is 12.5 Å². The van der Waals surface area contributed by atoms with Crippen molar-refractivity contribution in [3.8, 4) is 0 Å². The molecule has 0 bridgehead atoms. The standard InChI is InChI=1S/C32H59NO6/c1-5-9-10-11-12-13-14-15-16-17-18-19-20-21-22-23-24-25-26-33(27(6-2)30(34)35,28(7-3)31(36)37)29(8-4)32(38)39/h16-17,27-29H,5-15,18-26H2,1-4H3,(H2-,34,35,36,37,38,39)/b17-16+. The zero-order valence-corrected chi connectivity index (χ0v) is 25.5. The van der Waals surface area contributed by atoms with Crippen molar-refractivity contribution in [3.63, 3.8) is 0 Å². The molecule has 0 aromatic rings. The smallest absolute Gasteiger partial charge is 0.362 e. The minimum atomic E-state index is -1.37. The number of aliphatic carboxylic acids is 3. The molecular formula is C32H59NO6. The highest BCUT2D eigenvalue weighted by atomic mass is 16.4. The minimum absolute atomic E-state index is 0.128. The summed E-state index contributed by atoms with van der Waals surface area (Å²) < 4.78 is -0.471. The predicted molar refractivity (Wildman–Crippen MR) is 156 cm³/mol. The van der Waals surface area contributed by atoms with Crippen molar-refractivity contribution in [2.75, 3.05) is 6.54 Å². The monoisotopic (exact) mass is 553 g/mol. The van der Waals surface area contributed by atoms with Crippen LogP contribution in [0.5, 0.6) is 0 Å². The molecule has 39 heavy (non-hydrogen) atoms. The van der Waals surface area contributed by atoms with Crippen LogP contribution in [-0.4, -0.2) is 57.3 Å². The lowest BCUT2D eigenvalue weighted by Crippen LogP contribution is -2.73. The van der Waals surface area contributed by atoms with Crippen molar-refractivity contribution in [2.24, 2.45) is 0 Å². The first kappa shape index (κ1) is 37.1. The minimum Gasteiger partial charge on any atom is -0.544 e. The number of quaternary nitrogens is 1. The fourth-order valence-electron chi connectivity index (χ4n) is 6.25. The maximum atomic E-state index is 12.2. The molecule has 0 saturated heterocycles. The molecular weight excluding hydrogens is 494 g/mol. The van der Waals surface area contributed by atoms with Crippen molar-refractivity contribution >= 4 is 17.9 Å². The number of hydrogen-bond donors (Lipinski definition) is 2. The molecule has 0 saturated carbocycles. The summed E-state index contributed by atoms with van der Waals surface area (Å²) in [6.45, 7) is 7.51. The molecule has 3 unspecified atom stereocenters. The number of rotatable bonds is 27. The Bertz CT molecular complexity index is 637. The molecule has 228 valence electrons. The first-order chi connectivity index (χ1) is 18.7. The number of carboxylic acid groups (broad SMARTS) is 3. The Kier molecular flexibility index (Phi) is 21.8. The zero-order chi connectivity index (χ0) is 29.5. The Balaban J connectivity index is 4.61. The summed E-state index contributed by atoms with van der Waals surface area (Å²) in [5.74, 6) is -3.66. The Labute approximate surface area is 238 Å². The average molecular weight is 554 g/mol. The molecule has 0 aliphatic heterocycles. The molecule has 0 radical (unpaired) electrons. The fourth-order valence-corrected chi connectivity index (χ4v) is 6.25. The van der Waals surface area contributed by atoms with E-state index in [-0.39, 0.29) is 25.8 Å². The Morgan fingerprint density at radius 3 is 1.28 bits per heavy atom. The number of nitrogens with zero attached hydrogens (tertiary/aromatic N) is 1. The van der Waals surface area contributed by atoms with Crippen LogP contribution < -0.4 is 5.11 Å². The van der Waals surface area contributed by atoms with E-state index in [1.807, 2.05) is 0 Å². The molecule has 0 amide bonds. The van der Waals surface area contributed by atoms with E-state index >= 15 is 0 Å². The van der Waals surface area contributed by atoms with E-state index in [2.05, 4.69) is 19.1 Å². The van der Waals surface area contributed by atoms with E-state index in [0.29, 0.717) is 6.42 Å². The quantitative estimate of drug-likeness (QED) is 0.0651. The molecule has 0 rings (SSSR count). The van der Waals surface area contributed by atoms with Crippen LogP contribution in [0.15, 0.2) is 12.2 Å². The summed E-state index contributed by atoms with van der Waals surface area (Å²) in [4.78, 5) is 36.6. The van der Waals surface area contributed by atoms with Crippen LogP contribution in [0.1, 0.15) is 150 Å². The van der Waals surface area contributed by atoms with E-state index < -0.39 is 40.5 Å². The van der Waals surface area contributed by atoms with Gasteiger partial charge in [0.2, 0.25) is 0 Å². The highest BCUT2D eigenvalue weighted by molar-refractivity contribution is 5.77. The lowest BCUT2D eigenvalue weighted by molar-refractivity contribution is -0.974. The number of allylic oxidation sites excluding steroid dienone is 2. The normalized spacial score (nSPS) is 15.6. The van der Waals surface area contributed by atoms with Crippen LogP contribution in [0, 0.1) is 0 Å². The van der Waals surface area contributed by atoms with Gasteiger partial charge in [-0.3, -0.25) is 4.48 Å². The molecule has 7 heteroatoms. The van der Waals surface area contributed by atoms with E-state index in [9.17, 15) is 29.7 Å². The first-order valence-electron chi connectivity index (χ1n) is 15.9. The number of carbonyl (C=O) groups excluding carboxylic acids is 1. The second-order valence-corrected chi connectivity index (χ2v) is 11.1. The van der Waals surface area contributed by atoms with E-state index in [1.165, 1.54) is 64.2 Å². The molecule has 0 heterocycles. The molecule has 2 N–H and O–H groups in total. The van der Waals surface area contributed by atoms with Crippen LogP contribution >= 0.6 is 0 Å². The van der Waals surface area contributed by atoms with Crippen molar-refractivity contribution in [2.45, 2.75) is 168 Å². The van der Waals surface area contributed by atoms with Gasteiger partial charge in [0.25, 0.3) is 0 Å². The lowest BCUT2D eigenvalue weighted by atomic mass is 9.93. The van der Waals surface area contributed by atoms with Crippen LogP contribution in [0.3, 0.4) is 0 Å².